The van der Waals surface area contributed by atoms with E-state index in [4.69, 9.17) is 0 Å². The normalized spacial score (nSPS) is 12.4. The molecule has 12 heteroatoms. The van der Waals surface area contributed by atoms with Gasteiger partial charge < -0.3 is 9.12 Å². The number of para-hydroxylation sites is 1. The Morgan fingerprint density at radius 2 is 1.93 bits per heavy atom. The maximum Gasteiger partial charge on any atom is 1.00 e. The van der Waals surface area contributed by atoms with Crippen LogP contribution in [0, 0.1) is 10.1 Å². The van der Waals surface area contributed by atoms with Crippen molar-refractivity contribution in [3.8, 4) is 0 Å². The zero-order chi connectivity index (χ0) is 20.1. The predicted octanol–water partition coefficient (Wildman–Crippen LogP) is -0.515. The van der Waals surface area contributed by atoms with Crippen molar-refractivity contribution in [3.05, 3.63) is 69.0 Å². The van der Waals surface area contributed by atoms with Crippen LogP contribution in [0.4, 0.5) is 5.69 Å². The molecule has 0 radical (unpaired) electrons. The van der Waals surface area contributed by atoms with E-state index in [1.165, 1.54) is 29.7 Å². The van der Waals surface area contributed by atoms with Crippen LogP contribution in [-0.2, 0) is 16.7 Å². The van der Waals surface area contributed by atoms with Gasteiger partial charge in [-0.15, -0.1) is 5.10 Å². The van der Waals surface area contributed by atoms with Crippen molar-refractivity contribution in [2.24, 2.45) is 10.2 Å². The summed E-state index contributed by atoms with van der Waals surface area (Å²) in [4.78, 5) is 10.9. The topological polar surface area (TPSA) is 130 Å². The number of thiazole rings is 1. The zero-order valence-corrected chi connectivity index (χ0v) is 19.1. The number of nitrogens with zero attached hydrogens (tertiary/aromatic N) is 4. The minimum Gasteiger partial charge on any atom is -0.748 e. The molecule has 0 saturated heterocycles. The molecule has 2 aromatic carbocycles. The molecule has 146 valence electrons. The number of hydrogen-bond donors (Lipinski definition) is 0. The van der Waals surface area contributed by atoms with Gasteiger partial charge in [0.25, 0.3) is 5.69 Å². The van der Waals surface area contributed by atoms with Crippen molar-refractivity contribution in [2.45, 2.75) is 13.0 Å². The van der Waals surface area contributed by atoms with Crippen molar-refractivity contribution >= 4 is 43.6 Å². The summed E-state index contributed by atoms with van der Waals surface area (Å²) < 4.78 is 35.3. The molecule has 1 heterocycles. The Labute approximate surface area is 192 Å². The molecule has 0 fully saturated rings. The van der Waals surface area contributed by atoms with E-state index >= 15 is 0 Å². The Balaban J connectivity index is 0.00000300. The molecule has 0 aliphatic rings. The Morgan fingerprint density at radius 1 is 1.17 bits per heavy atom. The maximum atomic E-state index is 10.9. The summed E-state index contributed by atoms with van der Waals surface area (Å²) in [5.41, 5.74) is 1.35. The number of nitro benzene ring substituents is 1. The van der Waals surface area contributed by atoms with E-state index in [2.05, 4.69) is 10.2 Å². The minimum absolute atomic E-state index is 0. The van der Waals surface area contributed by atoms with Crippen molar-refractivity contribution < 1.29 is 47.5 Å². The van der Waals surface area contributed by atoms with E-state index in [0.29, 0.717) is 16.9 Å². The SMILES string of the molecule is O=[N+]([O-])c1cccc(C=NN=c2sc3ccccc3n2CCCS(=O)(=O)[O-])c1.[Na+]. The summed E-state index contributed by atoms with van der Waals surface area (Å²) in [6.45, 7) is 0.302. The second-order valence-corrected chi connectivity index (χ2v) is 8.35. The van der Waals surface area contributed by atoms with Crippen LogP contribution in [0.3, 0.4) is 0 Å². The summed E-state index contributed by atoms with van der Waals surface area (Å²) >= 11 is 1.37. The van der Waals surface area contributed by atoms with Gasteiger partial charge in [0, 0.05) is 30.0 Å². The standard InChI is InChI=1S/C17H16N4O5S2.Na/c22-21(23)14-6-3-5-13(11-14)12-18-19-17-20(9-4-10-28(24,25)26)15-7-1-2-8-16(15)27-17;/h1-3,5-8,11-12H,4,9-10H2,(H,24,25,26);/q;+1/p-1. The largest absolute Gasteiger partial charge is 1.00 e. The molecule has 0 aliphatic heterocycles. The molecule has 0 aliphatic carbocycles. The van der Waals surface area contributed by atoms with Gasteiger partial charge in [-0.2, -0.15) is 5.10 Å². The summed E-state index contributed by atoms with van der Waals surface area (Å²) in [5, 5.41) is 19.0. The fourth-order valence-corrected chi connectivity index (χ4v) is 4.07. The molecule has 0 atom stereocenters. The van der Waals surface area contributed by atoms with Crippen LogP contribution in [0.1, 0.15) is 12.0 Å². The van der Waals surface area contributed by atoms with Crippen molar-refractivity contribution in [1.82, 2.24) is 4.57 Å². The van der Waals surface area contributed by atoms with E-state index < -0.39 is 20.8 Å². The first-order valence-electron chi connectivity index (χ1n) is 8.17. The number of rotatable bonds is 7. The predicted molar refractivity (Wildman–Crippen MR) is 105 cm³/mol. The first kappa shape index (κ1) is 23.4. The van der Waals surface area contributed by atoms with E-state index in [9.17, 15) is 23.1 Å². The van der Waals surface area contributed by atoms with Crippen molar-refractivity contribution in [2.75, 3.05) is 5.75 Å². The van der Waals surface area contributed by atoms with Gasteiger partial charge in [-0.05, 0) is 18.6 Å². The average Bonchev–Trinajstić information content (AvgIpc) is 2.99. The third kappa shape index (κ3) is 6.56. The van der Waals surface area contributed by atoms with E-state index in [1.54, 1.807) is 16.7 Å². The van der Waals surface area contributed by atoms with E-state index in [0.717, 1.165) is 10.2 Å². The Bertz CT molecular complexity index is 1220. The van der Waals surface area contributed by atoms with Crippen LogP contribution in [0.25, 0.3) is 10.2 Å². The fourth-order valence-electron chi connectivity index (χ4n) is 2.58. The van der Waals surface area contributed by atoms with Crippen LogP contribution in [0.5, 0.6) is 0 Å². The third-order valence-electron chi connectivity index (χ3n) is 3.80. The van der Waals surface area contributed by atoms with Gasteiger partial charge in [-0.25, -0.2) is 8.42 Å². The molecule has 0 bridgehead atoms. The van der Waals surface area contributed by atoms with Crippen LogP contribution in [-0.4, -0.2) is 34.4 Å². The van der Waals surface area contributed by atoms with E-state index in [1.807, 2.05) is 24.3 Å². The monoisotopic (exact) mass is 442 g/mol. The number of non-ortho nitro benzene ring substituents is 1. The minimum atomic E-state index is -4.28. The summed E-state index contributed by atoms with van der Waals surface area (Å²) in [6.07, 6.45) is 1.57. The second-order valence-electron chi connectivity index (χ2n) is 5.82. The van der Waals surface area contributed by atoms with Crippen LogP contribution in [0.2, 0.25) is 0 Å². The number of benzene rings is 2. The van der Waals surface area contributed by atoms with Gasteiger partial charge in [0.05, 0.1) is 31.5 Å². The van der Waals surface area contributed by atoms with Gasteiger partial charge in [-0.1, -0.05) is 35.6 Å². The number of aryl methyl sites for hydroxylation is 1. The molecule has 3 rings (SSSR count). The second kappa shape index (κ2) is 10.2. The van der Waals surface area contributed by atoms with Crippen molar-refractivity contribution in [3.63, 3.8) is 0 Å². The maximum absolute atomic E-state index is 10.9. The molecule has 0 unspecified atom stereocenters. The molecular weight excluding hydrogens is 427 g/mol. The molecular formula is C17H15N4NaO5S2. The molecule has 29 heavy (non-hydrogen) atoms. The number of nitro groups is 1. The Morgan fingerprint density at radius 3 is 2.66 bits per heavy atom. The Hall–Kier alpha value is -1.89. The van der Waals surface area contributed by atoms with Gasteiger partial charge in [0.2, 0.25) is 4.80 Å². The van der Waals surface area contributed by atoms with Gasteiger partial charge in [0.15, 0.2) is 0 Å². The third-order valence-corrected chi connectivity index (χ3v) is 5.63. The van der Waals surface area contributed by atoms with Crippen LogP contribution >= 0.6 is 11.3 Å². The molecule has 0 saturated carbocycles. The summed E-state index contributed by atoms with van der Waals surface area (Å²) in [6, 6.07) is 13.5. The van der Waals surface area contributed by atoms with E-state index in [-0.39, 0.29) is 41.7 Å². The fraction of sp³-hybridized carbons (Fsp3) is 0.176. The summed E-state index contributed by atoms with van der Waals surface area (Å²) in [5.74, 6) is -0.458. The number of aromatic nitrogens is 1. The van der Waals surface area contributed by atoms with Crippen molar-refractivity contribution in [1.29, 1.82) is 0 Å². The average molecular weight is 442 g/mol. The molecule has 3 aromatic rings. The molecule has 9 nitrogen and oxygen atoms in total. The first-order chi connectivity index (χ1) is 13.3. The smallest absolute Gasteiger partial charge is 0.748 e. The molecule has 0 amide bonds. The van der Waals surface area contributed by atoms with Gasteiger partial charge in [0.1, 0.15) is 0 Å². The zero-order valence-electron chi connectivity index (χ0n) is 15.5. The summed E-state index contributed by atoms with van der Waals surface area (Å²) in [7, 11) is -4.28. The van der Waals surface area contributed by atoms with Gasteiger partial charge in [-0.3, -0.25) is 10.1 Å². The van der Waals surface area contributed by atoms with Crippen LogP contribution < -0.4 is 34.4 Å². The first-order valence-corrected chi connectivity index (χ1v) is 10.6. The molecule has 1 aromatic heterocycles. The molecule has 0 spiro atoms. The quantitative estimate of drug-likeness (QED) is 0.160. The molecule has 0 N–H and O–H groups in total. The number of hydrogen-bond acceptors (Lipinski definition) is 8. The van der Waals surface area contributed by atoms with Gasteiger partial charge >= 0.3 is 29.6 Å². The Kier molecular flexibility index (Phi) is 8.25. The van der Waals surface area contributed by atoms with Crippen LogP contribution in [0.15, 0.2) is 58.7 Å². The number of fused-ring (bicyclic) bond motifs is 1.